The lowest BCUT2D eigenvalue weighted by Gasteiger charge is -2.10. The fraction of sp³-hybridized carbons (Fsp3) is 0.182. The first-order valence-electron chi connectivity index (χ1n) is 4.52. The molecule has 0 aliphatic rings. The number of hydrogen-bond donors (Lipinski definition) is 1. The molecular formula is C11H10F3NO. The lowest BCUT2D eigenvalue weighted by molar-refractivity contribution is -0.137. The summed E-state index contributed by atoms with van der Waals surface area (Å²) in [6.45, 7) is 0. The van der Waals surface area contributed by atoms with Gasteiger partial charge in [-0.05, 0) is 23.8 Å². The Balaban J connectivity index is 3.13. The van der Waals surface area contributed by atoms with Crippen molar-refractivity contribution in [1.29, 1.82) is 0 Å². The van der Waals surface area contributed by atoms with Crippen LogP contribution in [-0.2, 0) is 11.0 Å². The van der Waals surface area contributed by atoms with E-state index in [1.807, 2.05) is 0 Å². The highest BCUT2D eigenvalue weighted by Gasteiger charge is 2.32. The van der Waals surface area contributed by atoms with Crippen LogP contribution in [0.2, 0.25) is 0 Å². The summed E-state index contributed by atoms with van der Waals surface area (Å²) in [4.78, 5) is 10.0. The zero-order valence-electron chi connectivity index (χ0n) is 8.29. The number of carbonyl (C=O) groups excluding carboxylic acids is 1. The first-order valence-corrected chi connectivity index (χ1v) is 4.52. The number of halogens is 3. The molecule has 1 aromatic rings. The van der Waals surface area contributed by atoms with E-state index in [1.54, 1.807) is 0 Å². The standard InChI is InChI=1S/C11H10F3NO/c12-11(13,14)10-5-4-9(15)7-8(10)3-1-2-6-16/h1,3-7H,2,15H2. The Morgan fingerprint density at radius 1 is 1.31 bits per heavy atom. The van der Waals surface area contributed by atoms with E-state index in [2.05, 4.69) is 0 Å². The monoisotopic (exact) mass is 229 g/mol. The minimum absolute atomic E-state index is 0.0330. The van der Waals surface area contributed by atoms with Gasteiger partial charge in [-0.1, -0.05) is 12.2 Å². The summed E-state index contributed by atoms with van der Waals surface area (Å²) in [6.07, 6.45) is -1.14. The number of carbonyl (C=O) groups is 1. The van der Waals surface area contributed by atoms with E-state index in [4.69, 9.17) is 5.73 Å². The molecule has 5 heteroatoms. The number of nitrogens with two attached hydrogens (primary N) is 1. The van der Waals surface area contributed by atoms with Crippen molar-refractivity contribution in [2.45, 2.75) is 12.6 Å². The van der Waals surface area contributed by atoms with Crippen molar-refractivity contribution in [2.24, 2.45) is 0 Å². The molecule has 2 nitrogen and oxygen atoms in total. The van der Waals surface area contributed by atoms with E-state index in [1.165, 1.54) is 24.3 Å². The van der Waals surface area contributed by atoms with Gasteiger partial charge in [0.2, 0.25) is 0 Å². The van der Waals surface area contributed by atoms with Crippen LogP contribution >= 0.6 is 0 Å². The summed E-state index contributed by atoms with van der Waals surface area (Å²) in [5.41, 5.74) is 4.86. The van der Waals surface area contributed by atoms with Gasteiger partial charge in [0, 0.05) is 12.1 Å². The molecule has 0 heterocycles. The van der Waals surface area contributed by atoms with Crippen LogP contribution in [-0.4, -0.2) is 6.29 Å². The Kier molecular flexibility index (Phi) is 3.71. The van der Waals surface area contributed by atoms with E-state index < -0.39 is 11.7 Å². The molecule has 0 radical (unpaired) electrons. The molecule has 0 aliphatic carbocycles. The maximum absolute atomic E-state index is 12.5. The van der Waals surface area contributed by atoms with Gasteiger partial charge in [-0.15, -0.1) is 0 Å². The lowest BCUT2D eigenvalue weighted by Crippen LogP contribution is -2.07. The van der Waals surface area contributed by atoms with E-state index in [-0.39, 0.29) is 17.7 Å². The number of nitrogen functional groups attached to an aromatic ring is 1. The second-order valence-electron chi connectivity index (χ2n) is 3.15. The Bertz CT molecular complexity index is 410. The van der Waals surface area contributed by atoms with Gasteiger partial charge in [-0.2, -0.15) is 13.2 Å². The van der Waals surface area contributed by atoms with Crippen LogP contribution in [0.4, 0.5) is 18.9 Å². The van der Waals surface area contributed by atoms with Crippen LogP contribution in [0.5, 0.6) is 0 Å². The van der Waals surface area contributed by atoms with Gasteiger partial charge in [0.1, 0.15) is 6.29 Å². The van der Waals surface area contributed by atoms with Crippen molar-refractivity contribution in [2.75, 3.05) is 5.73 Å². The molecule has 0 saturated heterocycles. The molecule has 1 aromatic carbocycles. The van der Waals surface area contributed by atoms with Crippen LogP contribution in [0.3, 0.4) is 0 Å². The minimum Gasteiger partial charge on any atom is -0.399 e. The van der Waals surface area contributed by atoms with Gasteiger partial charge >= 0.3 is 6.18 Å². The van der Waals surface area contributed by atoms with Gasteiger partial charge < -0.3 is 10.5 Å². The highest BCUT2D eigenvalue weighted by Crippen LogP contribution is 2.33. The Morgan fingerprint density at radius 2 is 2.00 bits per heavy atom. The molecule has 0 unspecified atom stereocenters. The van der Waals surface area contributed by atoms with E-state index in [0.29, 0.717) is 6.29 Å². The SMILES string of the molecule is Nc1ccc(C(F)(F)F)c(C=CCC=O)c1. The number of rotatable bonds is 3. The molecule has 2 N–H and O–H groups in total. The predicted molar refractivity (Wildman–Crippen MR) is 55.6 cm³/mol. The molecule has 16 heavy (non-hydrogen) atoms. The van der Waals surface area contributed by atoms with Crippen LogP contribution in [0.1, 0.15) is 17.5 Å². The first-order chi connectivity index (χ1) is 7.45. The summed E-state index contributed by atoms with van der Waals surface area (Å²) in [5, 5.41) is 0. The van der Waals surface area contributed by atoms with Crippen molar-refractivity contribution in [3.05, 3.63) is 35.4 Å². The van der Waals surface area contributed by atoms with E-state index in [9.17, 15) is 18.0 Å². The highest BCUT2D eigenvalue weighted by atomic mass is 19.4. The fourth-order valence-corrected chi connectivity index (χ4v) is 1.23. The summed E-state index contributed by atoms with van der Waals surface area (Å²) in [6, 6.07) is 3.35. The van der Waals surface area contributed by atoms with Crippen molar-refractivity contribution in [3.63, 3.8) is 0 Å². The number of benzene rings is 1. The third-order valence-electron chi connectivity index (χ3n) is 1.91. The number of hydrogen-bond acceptors (Lipinski definition) is 2. The predicted octanol–water partition coefficient (Wildman–Crippen LogP) is 2.89. The second-order valence-corrected chi connectivity index (χ2v) is 3.15. The first kappa shape index (κ1) is 12.3. The van der Waals surface area contributed by atoms with Gasteiger partial charge in [-0.25, -0.2) is 0 Å². The Labute approximate surface area is 90.6 Å². The van der Waals surface area contributed by atoms with Gasteiger partial charge in [0.25, 0.3) is 0 Å². The largest absolute Gasteiger partial charge is 0.416 e. The van der Waals surface area contributed by atoms with Crippen LogP contribution in [0.15, 0.2) is 24.3 Å². The summed E-state index contributed by atoms with van der Waals surface area (Å²) in [5.74, 6) is 0. The van der Waals surface area contributed by atoms with Gasteiger partial charge in [-0.3, -0.25) is 0 Å². The normalized spacial score (nSPS) is 11.9. The van der Waals surface area contributed by atoms with Crippen LogP contribution < -0.4 is 5.73 Å². The highest BCUT2D eigenvalue weighted by molar-refractivity contribution is 5.63. The van der Waals surface area contributed by atoms with Gasteiger partial charge in [0.15, 0.2) is 0 Å². The summed E-state index contributed by atoms with van der Waals surface area (Å²) in [7, 11) is 0. The van der Waals surface area contributed by atoms with Crippen molar-refractivity contribution < 1.29 is 18.0 Å². The number of aldehydes is 1. The molecule has 0 bridgehead atoms. The topological polar surface area (TPSA) is 43.1 Å². The quantitative estimate of drug-likeness (QED) is 0.639. The van der Waals surface area contributed by atoms with Crippen LogP contribution in [0.25, 0.3) is 6.08 Å². The molecule has 0 atom stereocenters. The van der Waals surface area contributed by atoms with E-state index >= 15 is 0 Å². The fourth-order valence-electron chi connectivity index (χ4n) is 1.23. The average Bonchev–Trinajstić information content (AvgIpc) is 2.16. The third kappa shape index (κ3) is 3.12. The molecule has 0 aliphatic heterocycles. The number of alkyl halides is 3. The van der Waals surface area contributed by atoms with Crippen molar-refractivity contribution in [3.8, 4) is 0 Å². The lowest BCUT2D eigenvalue weighted by atomic mass is 10.1. The Hall–Kier alpha value is -1.78. The number of anilines is 1. The maximum atomic E-state index is 12.5. The molecule has 1 rings (SSSR count). The summed E-state index contributed by atoms with van der Waals surface area (Å²) >= 11 is 0. The van der Waals surface area contributed by atoms with Crippen molar-refractivity contribution in [1.82, 2.24) is 0 Å². The third-order valence-corrected chi connectivity index (χ3v) is 1.91. The molecular weight excluding hydrogens is 219 g/mol. The number of allylic oxidation sites excluding steroid dienone is 1. The second kappa shape index (κ2) is 4.83. The molecule has 0 amide bonds. The molecule has 0 aromatic heterocycles. The zero-order valence-corrected chi connectivity index (χ0v) is 8.29. The molecule has 0 spiro atoms. The molecule has 0 saturated carbocycles. The van der Waals surface area contributed by atoms with Crippen molar-refractivity contribution >= 4 is 18.0 Å². The average molecular weight is 229 g/mol. The molecule has 86 valence electrons. The zero-order chi connectivity index (χ0) is 12.2. The maximum Gasteiger partial charge on any atom is 0.416 e. The smallest absolute Gasteiger partial charge is 0.399 e. The summed E-state index contributed by atoms with van der Waals surface area (Å²) < 4.78 is 37.6. The van der Waals surface area contributed by atoms with Gasteiger partial charge in [0.05, 0.1) is 5.56 Å². The van der Waals surface area contributed by atoms with Crippen LogP contribution in [0, 0.1) is 0 Å². The Morgan fingerprint density at radius 3 is 2.56 bits per heavy atom. The minimum atomic E-state index is -4.42. The molecule has 0 fully saturated rings. The van der Waals surface area contributed by atoms with E-state index in [0.717, 1.165) is 6.07 Å².